The van der Waals surface area contributed by atoms with Crippen LogP contribution >= 0.6 is 23.2 Å². The zero-order valence-electron chi connectivity index (χ0n) is 20.7. The molecule has 1 aromatic rings. The molecule has 1 N–H and O–H groups in total. The molecule has 0 aromatic heterocycles. The number of imide groups is 2. The number of likely N-dealkylation sites (tertiary alicyclic amines) is 2. The number of alkyl halides is 2. The van der Waals surface area contributed by atoms with Crippen LogP contribution in [0.15, 0.2) is 35.9 Å². The fourth-order valence-corrected chi connectivity index (χ4v) is 7.48. The van der Waals surface area contributed by atoms with Crippen molar-refractivity contribution in [1.82, 2.24) is 9.80 Å². The molecule has 4 amide bonds. The Kier molecular flexibility index (Phi) is 6.19. The van der Waals surface area contributed by atoms with Crippen LogP contribution in [-0.2, 0) is 19.2 Å². The van der Waals surface area contributed by atoms with Crippen LogP contribution in [0.3, 0.4) is 0 Å². The van der Waals surface area contributed by atoms with Crippen LogP contribution in [0.2, 0.25) is 0 Å². The standard InChI is InChI=1S/C27H28Cl2N2O6/c1-4-11-31-22(33)16-8-7-15-17(21(16)23(31)34)13-26(28)24(35)30(2)25(36)27(26,29)18(15)9-5-14-6-10-19(32)20(12-14)37-3/h5-7,9-10,12,16-18,21,32H,4,8,11,13H2,1-3H3/t16-,17+,18-,21-,26+,27-/m0/s1. The first-order chi connectivity index (χ1) is 17.5. The minimum Gasteiger partial charge on any atom is -0.504 e. The molecule has 37 heavy (non-hydrogen) atoms. The van der Waals surface area contributed by atoms with Crippen LogP contribution in [-0.4, -0.2) is 69.0 Å². The molecule has 2 saturated heterocycles. The zero-order chi connectivity index (χ0) is 26.9. The van der Waals surface area contributed by atoms with Crippen molar-refractivity contribution >= 4 is 52.9 Å². The molecule has 5 rings (SSSR count). The summed E-state index contributed by atoms with van der Waals surface area (Å²) in [4.78, 5) is 52.0. The average Bonchev–Trinajstić information content (AvgIpc) is 3.19. The van der Waals surface area contributed by atoms with Crippen molar-refractivity contribution in [3.05, 3.63) is 41.5 Å². The Bertz CT molecular complexity index is 1280. The van der Waals surface area contributed by atoms with E-state index in [1.54, 1.807) is 24.3 Å². The molecule has 0 unspecified atom stereocenters. The average molecular weight is 547 g/mol. The molecular formula is C27H28Cl2N2O6. The maximum Gasteiger partial charge on any atom is 0.253 e. The van der Waals surface area contributed by atoms with Gasteiger partial charge in [-0.05, 0) is 42.9 Å². The normalized spacial score (nSPS) is 35.1. The van der Waals surface area contributed by atoms with Gasteiger partial charge in [0.15, 0.2) is 21.2 Å². The minimum absolute atomic E-state index is 0.0175. The fraction of sp³-hybridized carbons (Fsp3) is 0.481. The summed E-state index contributed by atoms with van der Waals surface area (Å²) in [5, 5.41) is 9.94. The van der Waals surface area contributed by atoms with Gasteiger partial charge < -0.3 is 9.84 Å². The minimum atomic E-state index is -1.80. The highest BCUT2D eigenvalue weighted by molar-refractivity contribution is 6.53. The van der Waals surface area contributed by atoms with Gasteiger partial charge in [0.2, 0.25) is 11.8 Å². The van der Waals surface area contributed by atoms with Crippen molar-refractivity contribution in [1.29, 1.82) is 0 Å². The summed E-state index contributed by atoms with van der Waals surface area (Å²) in [5.74, 6) is -3.93. The Hall–Kier alpha value is -2.84. The van der Waals surface area contributed by atoms with E-state index >= 15 is 0 Å². The molecule has 196 valence electrons. The predicted molar refractivity (Wildman–Crippen MR) is 137 cm³/mol. The molecule has 6 atom stereocenters. The summed E-state index contributed by atoms with van der Waals surface area (Å²) >= 11 is 14.1. The van der Waals surface area contributed by atoms with Gasteiger partial charge in [0.05, 0.1) is 18.9 Å². The lowest BCUT2D eigenvalue weighted by molar-refractivity contribution is -0.141. The van der Waals surface area contributed by atoms with E-state index in [0.29, 0.717) is 24.9 Å². The number of nitrogens with zero attached hydrogens (tertiary/aromatic N) is 2. The Labute approximate surface area is 224 Å². The summed E-state index contributed by atoms with van der Waals surface area (Å²) < 4.78 is 5.19. The molecule has 0 bridgehead atoms. The van der Waals surface area contributed by atoms with Gasteiger partial charge in [-0.3, -0.25) is 29.0 Å². The molecule has 0 spiro atoms. The van der Waals surface area contributed by atoms with Gasteiger partial charge >= 0.3 is 0 Å². The van der Waals surface area contributed by atoms with Gasteiger partial charge in [-0.2, -0.15) is 0 Å². The smallest absolute Gasteiger partial charge is 0.253 e. The lowest BCUT2D eigenvalue weighted by atomic mass is 9.57. The van der Waals surface area contributed by atoms with Crippen LogP contribution in [0.5, 0.6) is 11.5 Å². The van der Waals surface area contributed by atoms with Gasteiger partial charge in [0.25, 0.3) is 11.8 Å². The van der Waals surface area contributed by atoms with Crippen molar-refractivity contribution in [3.63, 3.8) is 0 Å². The molecule has 4 aliphatic rings. The second kappa shape index (κ2) is 8.88. The summed E-state index contributed by atoms with van der Waals surface area (Å²) in [7, 11) is 2.80. The Balaban J connectivity index is 1.63. The number of methoxy groups -OCH3 is 1. The highest BCUT2D eigenvalue weighted by Crippen LogP contribution is 2.63. The maximum absolute atomic E-state index is 13.5. The lowest BCUT2D eigenvalue weighted by Crippen LogP contribution is -2.60. The Morgan fingerprint density at radius 3 is 2.54 bits per heavy atom. The second-order valence-corrected chi connectivity index (χ2v) is 11.4. The quantitative estimate of drug-likeness (QED) is 0.345. The number of phenolic OH excluding ortho intramolecular Hbond substituents is 1. The number of hydrogen-bond donors (Lipinski definition) is 1. The third-order valence-corrected chi connectivity index (χ3v) is 9.72. The molecule has 1 aromatic carbocycles. The summed E-state index contributed by atoms with van der Waals surface area (Å²) in [6, 6.07) is 4.78. The third kappa shape index (κ3) is 3.41. The first kappa shape index (κ1) is 25.8. The van der Waals surface area contributed by atoms with Gasteiger partial charge in [-0.1, -0.05) is 36.8 Å². The third-order valence-electron chi connectivity index (χ3n) is 8.29. The number of hydrogen-bond acceptors (Lipinski definition) is 6. The fourth-order valence-electron chi connectivity index (χ4n) is 6.51. The molecule has 1 saturated carbocycles. The first-order valence-electron chi connectivity index (χ1n) is 12.3. The molecule has 3 fully saturated rings. The van der Waals surface area contributed by atoms with Crippen molar-refractivity contribution in [2.75, 3.05) is 20.7 Å². The topological polar surface area (TPSA) is 104 Å². The number of fused-ring (bicyclic) bond motifs is 4. The van der Waals surface area contributed by atoms with E-state index in [9.17, 15) is 24.3 Å². The number of aromatic hydroxyl groups is 1. The van der Waals surface area contributed by atoms with Crippen LogP contribution in [0.25, 0.3) is 6.08 Å². The number of phenols is 1. The van der Waals surface area contributed by atoms with Crippen molar-refractivity contribution in [2.45, 2.75) is 35.9 Å². The summed E-state index contributed by atoms with van der Waals surface area (Å²) in [6.07, 6.45) is 6.32. The number of halogens is 2. The zero-order valence-corrected chi connectivity index (χ0v) is 22.3. The van der Waals surface area contributed by atoms with Crippen LogP contribution in [0, 0.1) is 23.7 Å². The molecule has 10 heteroatoms. The molecule has 0 radical (unpaired) electrons. The van der Waals surface area contributed by atoms with Gasteiger partial charge in [-0.25, -0.2) is 0 Å². The van der Waals surface area contributed by atoms with Crippen LogP contribution < -0.4 is 4.74 Å². The van der Waals surface area contributed by atoms with Crippen molar-refractivity contribution in [2.24, 2.45) is 23.7 Å². The van der Waals surface area contributed by atoms with Crippen LogP contribution in [0.1, 0.15) is 31.7 Å². The number of carbonyl (C=O) groups excluding carboxylic acids is 4. The maximum atomic E-state index is 13.5. The largest absolute Gasteiger partial charge is 0.504 e. The lowest BCUT2D eigenvalue weighted by Gasteiger charge is -2.49. The van der Waals surface area contributed by atoms with E-state index in [1.165, 1.54) is 25.1 Å². The van der Waals surface area contributed by atoms with Crippen molar-refractivity contribution in [3.8, 4) is 11.5 Å². The second-order valence-electron chi connectivity index (χ2n) is 10.2. The Morgan fingerprint density at radius 2 is 1.86 bits per heavy atom. The number of allylic oxidation sites excluding steroid dienone is 3. The number of carbonyl (C=O) groups is 4. The SMILES string of the molecule is CCCN1C(=O)[C@H]2[C@H](CC=C3[C@H]2C[C@@]2(Cl)C(=O)N(C)C(=O)[C@@]2(Cl)[C@H]3C=Cc2ccc(O)c(OC)c2)C1=O. The van der Waals surface area contributed by atoms with E-state index in [-0.39, 0.29) is 29.7 Å². The van der Waals surface area contributed by atoms with E-state index in [1.807, 2.05) is 13.0 Å². The predicted octanol–water partition coefficient (Wildman–Crippen LogP) is 3.35. The van der Waals surface area contributed by atoms with Crippen LogP contribution in [0.4, 0.5) is 0 Å². The number of benzene rings is 1. The van der Waals surface area contributed by atoms with E-state index in [2.05, 4.69) is 0 Å². The van der Waals surface area contributed by atoms with E-state index in [4.69, 9.17) is 27.9 Å². The molecule has 2 aliphatic heterocycles. The van der Waals surface area contributed by atoms with Crippen molar-refractivity contribution < 1.29 is 29.0 Å². The number of amides is 4. The number of rotatable bonds is 5. The summed E-state index contributed by atoms with van der Waals surface area (Å²) in [6.45, 7) is 2.24. The highest BCUT2D eigenvalue weighted by atomic mass is 35.5. The molecule has 8 nitrogen and oxygen atoms in total. The van der Waals surface area contributed by atoms with Gasteiger partial charge in [0.1, 0.15) is 0 Å². The van der Waals surface area contributed by atoms with Gasteiger partial charge in [-0.15, -0.1) is 23.2 Å². The number of ether oxygens (including phenoxy) is 1. The Morgan fingerprint density at radius 1 is 1.14 bits per heavy atom. The molecule has 2 heterocycles. The monoisotopic (exact) mass is 546 g/mol. The first-order valence-corrected chi connectivity index (χ1v) is 13.1. The highest BCUT2D eigenvalue weighted by Gasteiger charge is 2.75. The summed E-state index contributed by atoms with van der Waals surface area (Å²) in [5.41, 5.74) is 1.41. The van der Waals surface area contributed by atoms with E-state index in [0.717, 1.165) is 10.5 Å². The molecule has 2 aliphatic carbocycles. The van der Waals surface area contributed by atoms with E-state index < -0.39 is 45.2 Å². The van der Waals surface area contributed by atoms with Gasteiger partial charge in [0, 0.05) is 19.5 Å². The molecular weight excluding hydrogens is 519 g/mol.